The van der Waals surface area contributed by atoms with Crippen LogP contribution in [0.1, 0.15) is 55.7 Å². The number of benzene rings is 2. The second-order valence-electron chi connectivity index (χ2n) is 9.84. The molecule has 0 aromatic heterocycles. The van der Waals surface area contributed by atoms with Gasteiger partial charge in [0.05, 0.1) is 11.8 Å². The summed E-state index contributed by atoms with van der Waals surface area (Å²) in [6.07, 6.45) is 10.2. The van der Waals surface area contributed by atoms with E-state index in [-0.39, 0.29) is 11.9 Å². The van der Waals surface area contributed by atoms with Crippen LogP contribution < -0.4 is 9.80 Å². The third-order valence-electron chi connectivity index (χ3n) is 7.65. The Hall–Kier alpha value is -2.37. The molecular weight excluding hydrogens is 413 g/mol. The highest BCUT2D eigenvalue weighted by Gasteiger charge is 2.30. The molecule has 5 rings (SSSR count). The highest BCUT2D eigenvalue weighted by Crippen LogP contribution is 2.32. The molecule has 0 unspecified atom stereocenters. The Kier molecular flexibility index (Phi) is 6.70. The van der Waals surface area contributed by atoms with Gasteiger partial charge in [0.25, 0.3) is 0 Å². The molecular formula is C28H36FN3O. The van der Waals surface area contributed by atoms with Crippen molar-refractivity contribution < 1.29 is 9.50 Å². The Bertz CT molecular complexity index is 1000. The standard InChI is InChI=1S/C28H36FN3O/c1-2-26(33)9-6-21-5-7-23-19-31(15-11-22(23)17-21)24-8-10-28(27(29)18-24)32-16-12-25(20-32)30-13-3-4-14-30/h5,7-8,10-11,15,17-18,25-26,33H,2-4,6,9,12-14,16,19-20H2,1H3/t25-,26+/m1/s1. The predicted octanol–water partition coefficient (Wildman–Crippen LogP) is 5.19. The topological polar surface area (TPSA) is 30.0 Å². The van der Waals surface area contributed by atoms with Crippen LogP contribution in [0.4, 0.5) is 15.8 Å². The highest BCUT2D eigenvalue weighted by molar-refractivity contribution is 5.66. The fourth-order valence-electron chi connectivity index (χ4n) is 5.52. The third-order valence-corrected chi connectivity index (χ3v) is 7.65. The van der Waals surface area contributed by atoms with Crippen molar-refractivity contribution in [2.24, 2.45) is 0 Å². The first-order chi connectivity index (χ1) is 16.1. The van der Waals surface area contributed by atoms with Crippen molar-refractivity contribution in [3.63, 3.8) is 0 Å². The molecule has 2 fully saturated rings. The van der Waals surface area contributed by atoms with Crippen LogP contribution in [0.25, 0.3) is 6.08 Å². The molecule has 33 heavy (non-hydrogen) atoms. The van der Waals surface area contributed by atoms with Crippen molar-refractivity contribution in [1.29, 1.82) is 0 Å². The fraction of sp³-hybridized carbons (Fsp3) is 0.500. The smallest absolute Gasteiger partial charge is 0.148 e. The molecule has 2 aromatic rings. The summed E-state index contributed by atoms with van der Waals surface area (Å²) in [5, 5.41) is 9.84. The van der Waals surface area contributed by atoms with E-state index in [2.05, 4.69) is 51.2 Å². The van der Waals surface area contributed by atoms with Crippen molar-refractivity contribution >= 4 is 17.5 Å². The van der Waals surface area contributed by atoms with Crippen LogP contribution in [0.5, 0.6) is 0 Å². The second kappa shape index (κ2) is 9.86. The molecule has 5 heteroatoms. The van der Waals surface area contributed by atoms with Crippen molar-refractivity contribution in [2.45, 2.75) is 64.1 Å². The number of fused-ring (bicyclic) bond motifs is 1. The summed E-state index contributed by atoms with van der Waals surface area (Å²) in [7, 11) is 0. The van der Waals surface area contributed by atoms with Crippen LogP contribution in [-0.4, -0.2) is 48.3 Å². The van der Waals surface area contributed by atoms with Crippen LogP contribution in [0.3, 0.4) is 0 Å². The maximum absolute atomic E-state index is 15.2. The molecule has 2 atom stereocenters. The summed E-state index contributed by atoms with van der Waals surface area (Å²) < 4.78 is 15.2. The number of likely N-dealkylation sites (tertiary alicyclic amines) is 1. The normalized spacial score (nSPS) is 21.6. The second-order valence-corrected chi connectivity index (χ2v) is 9.84. The Morgan fingerprint density at radius 3 is 2.73 bits per heavy atom. The van der Waals surface area contributed by atoms with E-state index >= 15 is 4.39 Å². The number of hydrogen-bond donors (Lipinski definition) is 1. The summed E-state index contributed by atoms with van der Waals surface area (Å²) in [4.78, 5) is 6.92. The predicted molar refractivity (Wildman–Crippen MR) is 134 cm³/mol. The lowest BCUT2D eigenvalue weighted by Gasteiger charge is -2.28. The molecule has 3 aliphatic heterocycles. The van der Waals surface area contributed by atoms with Gasteiger partial charge < -0.3 is 14.9 Å². The van der Waals surface area contributed by atoms with Crippen LogP contribution in [0.2, 0.25) is 0 Å². The maximum Gasteiger partial charge on any atom is 0.148 e. The largest absolute Gasteiger partial charge is 0.393 e. The summed E-state index contributed by atoms with van der Waals surface area (Å²) in [6.45, 7) is 7.02. The number of hydrogen-bond acceptors (Lipinski definition) is 4. The Morgan fingerprint density at radius 1 is 1.09 bits per heavy atom. The Labute approximate surface area is 197 Å². The van der Waals surface area contributed by atoms with Gasteiger partial charge in [-0.2, -0.15) is 0 Å². The monoisotopic (exact) mass is 449 g/mol. The Morgan fingerprint density at radius 2 is 1.94 bits per heavy atom. The van der Waals surface area contributed by atoms with Crippen LogP contribution >= 0.6 is 0 Å². The van der Waals surface area contributed by atoms with Gasteiger partial charge in [-0.3, -0.25) is 4.90 Å². The fourth-order valence-corrected chi connectivity index (χ4v) is 5.52. The van der Waals surface area contributed by atoms with Crippen molar-refractivity contribution in [3.05, 3.63) is 65.1 Å². The molecule has 0 bridgehead atoms. The van der Waals surface area contributed by atoms with Gasteiger partial charge in [-0.05, 0) is 92.6 Å². The van der Waals surface area contributed by atoms with E-state index in [1.807, 2.05) is 13.0 Å². The summed E-state index contributed by atoms with van der Waals surface area (Å²) in [5.74, 6) is -0.126. The lowest BCUT2D eigenvalue weighted by Crippen LogP contribution is -2.35. The molecule has 2 saturated heterocycles. The molecule has 176 valence electrons. The van der Waals surface area contributed by atoms with Gasteiger partial charge >= 0.3 is 0 Å². The highest BCUT2D eigenvalue weighted by atomic mass is 19.1. The zero-order valence-electron chi connectivity index (χ0n) is 19.7. The average Bonchev–Trinajstić information content (AvgIpc) is 3.54. The first-order valence-corrected chi connectivity index (χ1v) is 12.6. The first-order valence-electron chi connectivity index (χ1n) is 12.6. The first kappa shape index (κ1) is 22.4. The average molecular weight is 450 g/mol. The minimum atomic E-state index is -0.225. The van der Waals surface area contributed by atoms with Gasteiger partial charge in [0, 0.05) is 37.6 Å². The SMILES string of the molecule is CC[C@H](O)CCc1ccc2c(c1)C=CN(c1ccc(N3CC[C@@H](N4CCCC4)C3)c(F)c1)C2. The van der Waals surface area contributed by atoms with E-state index in [0.29, 0.717) is 6.04 Å². The van der Waals surface area contributed by atoms with Gasteiger partial charge in [-0.1, -0.05) is 25.1 Å². The lowest BCUT2D eigenvalue weighted by molar-refractivity contribution is 0.160. The van der Waals surface area contributed by atoms with Gasteiger partial charge in [0.1, 0.15) is 5.82 Å². The van der Waals surface area contributed by atoms with Crippen molar-refractivity contribution in [2.75, 3.05) is 36.0 Å². The van der Waals surface area contributed by atoms with Gasteiger partial charge in [0.15, 0.2) is 0 Å². The van der Waals surface area contributed by atoms with E-state index < -0.39 is 0 Å². The quantitative estimate of drug-likeness (QED) is 0.630. The van der Waals surface area contributed by atoms with E-state index in [0.717, 1.165) is 56.7 Å². The van der Waals surface area contributed by atoms with Crippen molar-refractivity contribution in [3.8, 4) is 0 Å². The molecule has 4 nitrogen and oxygen atoms in total. The van der Waals surface area contributed by atoms with Crippen molar-refractivity contribution in [1.82, 2.24) is 4.90 Å². The minimum Gasteiger partial charge on any atom is -0.393 e. The number of nitrogens with zero attached hydrogens (tertiary/aromatic N) is 3. The van der Waals surface area contributed by atoms with Crippen LogP contribution in [0, 0.1) is 5.82 Å². The molecule has 2 aromatic carbocycles. The number of anilines is 2. The van der Waals surface area contributed by atoms with Gasteiger partial charge in [-0.25, -0.2) is 4.39 Å². The summed E-state index contributed by atoms with van der Waals surface area (Å²) in [5.41, 5.74) is 5.35. The zero-order chi connectivity index (χ0) is 22.8. The van der Waals surface area contributed by atoms with E-state index in [1.54, 1.807) is 6.07 Å². The van der Waals surface area contributed by atoms with E-state index in [4.69, 9.17) is 0 Å². The van der Waals surface area contributed by atoms with E-state index in [1.165, 1.54) is 42.6 Å². The molecule has 3 heterocycles. The molecule has 0 amide bonds. The minimum absolute atomic E-state index is 0.126. The number of aliphatic hydroxyl groups is 1. The van der Waals surface area contributed by atoms with Gasteiger partial charge in [0.2, 0.25) is 0 Å². The van der Waals surface area contributed by atoms with E-state index in [9.17, 15) is 5.11 Å². The van der Waals surface area contributed by atoms with Crippen LogP contribution in [-0.2, 0) is 13.0 Å². The van der Waals surface area contributed by atoms with Crippen LogP contribution in [0.15, 0.2) is 42.6 Å². The molecule has 0 aliphatic carbocycles. The maximum atomic E-state index is 15.2. The molecule has 0 saturated carbocycles. The molecule has 0 spiro atoms. The molecule has 3 aliphatic rings. The number of halogens is 1. The Balaban J connectivity index is 1.24. The number of rotatable bonds is 7. The lowest BCUT2D eigenvalue weighted by atomic mass is 9.97. The summed E-state index contributed by atoms with van der Waals surface area (Å²) in [6, 6.07) is 12.8. The van der Waals surface area contributed by atoms with Gasteiger partial charge in [-0.15, -0.1) is 0 Å². The number of aryl methyl sites for hydroxylation is 1. The third kappa shape index (κ3) is 4.95. The summed E-state index contributed by atoms with van der Waals surface area (Å²) >= 11 is 0. The molecule has 0 radical (unpaired) electrons. The zero-order valence-corrected chi connectivity index (χ0v) is 19.7. The molecule has 1 N–H and O–H groups in total. The number of aliphatic hydroxyl groups excluding tert-OH is 1.